The van der Waals surface area contributed by atoms with Gasteiger partial charge in [-0.2, -0.15) is 0 Å². The van der Waals surface area contributed by atoms with E-state index >= 15 is 0 Å². The Morgan fingerprint density at radius 2 is 2.21 bits per heavy atom. The topological polar surface area (TPSA) is 61.8 Å². The van der Waals surface area contributed by atoms with Crippen LogP contribution in [0.3, 0.4) is 0 Å². The molecule has 0 radical (unpaired) electrons. The minimum absolute atomic E-state index is 0.306. The van der Waals surface area contributed by atoms with Crippen LogP contribution in [0, 0.1) is 0 Å². The highest BCUT2D eigenvalue weighted by molar-refractivity contribution is 5.90. The maximum absolute atomic E-state index is 12.1. The number of hydrogen-bond acceptors (Lipinski definition) is 4. The normalized spacial score (nSPS) is 14.4. The summed E-state index contributed by atoms with van der Waals surface area (Å²) in [6.07, 6.45) is 0.507. The van der Waals surface area contributed by atoms with Crippen LogP contribution in [0.1, 0.15) is 31.9 Å². The van der Waals surface area contributed by atoms with E-state index in [-0.39, 0.29) is 6.09 Å². The van der Waals surface area contributed by atoms with Crippen molar-refractivity contribution in [3.8, 4) is 0 Å². The SMILES string of the molecule is CC(C)(C)OC(=O)N1CCc2cc(CNO)ccc21. The van der Waals surface area contributed by atoms with E-state index in [0.29, 0.717) is 13.1 Å². The Bertz CT molecular complexity index is 480. The second kappa shape index (κ2) is 5.19. The van der Waals surface area contributed by atoms with Crippen LogP contribution in [-0.4, -0.2) is 23.4 Å². The molecule has 104 valence electrons. The van der Waals surface area contributed by atoms with E-state index in [1.807, 2.05) is 39.0 Å². The van der Waals surface area contributed by atoms with Crippen LogP contribution in [0.4, 0.5) is 10.5 Å². The van der Waals surface area contributed by atoms with Crippen LogP contribution in [0.2, 0.25) is 0 Å². The zero-order chi connectivity index (χ0) is 14.0. The lowest BCUT2D eigenvalue weighted by Crippen LogP contribution is -2.35. The van der Waals surface area contributed by atoms with Gasteiger partial charge in [0.2, 0.25) is 0 Å². The number of hydroxylamine groups is 1. The first-order valence-corrected chi connectivity index (χ1v) is 6.40. The summed E-state index contributed by atoms with van der Waals surface area (Å²) in [7, 11) is 0. The van der Waals surface area contributed by atoms with Crippen molar-refractivity contribution < 1.29 is 14.7 Å². The van der Waals surface area contributed by atoms with Crippen molar-refractivity contribution in [3.05, 3.63) is 29.3 Å². The number of anilines is 1. The lowest BCUT2D eigenvalue weighted by molar-refractivity contribution is 0.0584. The van der Waals surface area contributed by atoms with Gasteiger partial charge in [0.15, 0.2) is 0 Å². The number of rotatable bonds is 2. The second-order valence-electron chi connectivity index (χ2n) is 5.68. The van der Waals surface area contributed by atoms with Gasteiger partial charge in [0.05, 0.1) is 5.69 Å². The number of carbonyl (C=O) groups excluding carboxylic acids is 1. The zero-order valence-electron chi connectivity index (χ0n) is 11.6. The van der Waals surface area contributed by atoms with Gasteiger partial charge < -0.3 is 9.94 Å². The van der Waals surface area contributed by atoms with Crippen LogP contribution in [0.25, 0.3) is 0 Å². The molecular formula is C14H20N2O3. The van der Waals surface area contributed by atoms with E-state index in [9.17, 15) is 4.79 Å². The maximum Gasteiger partial charge on any atom is 0.414 e. The average Bonchev–Trinajstić information content (AvgIpc) is 2.70. The number of nitrogens with zero attached hydrogens (tertiary/aromatic N) is 1. The van der Waals surface area contributed by atoms with E-state index in [4.69, 9.17) is 9.94 Å². The first-order chi connectivity index (χ1) is 8.90. The molecule has 1 aliphatic heterocycles. The summed E-state index contributed by atoms with van der Waals surface area (Å²) in [5, 5.41) is 8.70. The minimum Gasteiger partial charge on any atom is -0.443 e. The van der Waals surface area contributed by atoms with Gasteiger partial charge in [0.1, 0.15) is 5.60 Å². The number of benzene rings is 1. The lowest BCUT2D eigenvalue weighted by Gasteiger charge is -2.24. The van der Waals surface area contributed by atoms with E-state index in [0.717, 1.165) is 23.2 Å². The molecule has 0 spiro atoms. The number of hydrogen-bond donors (Lipinski definition) is 2. The molecule has 1 aliphatic rings. The lowest BCUT2D eigenvalue weighted by atomic mass is 10.1. The molecule has 1 aromatic rings. The molecule has 1 aromatic carbocycles. The van der Waals surface area contributed by atoms with Crippen LogP contribution in [0.5, 0.6) is 0 Å². The predicted octanol–water partition coefficient (Wildman–Crippen LogP) is 2.46. The molecule has 19 heavy (non-hydrogen) atoms. The summed E-state index contributed by atoms with van der Waals surface area (Å²) in [5.74, 6) is 0. The van der Waals surface area contributed by atoms with Crippen molar-refractivity contribution in [1.29, 1.82) is 0 Å². The molecule has 0 fully saturated rings. The van der Waals surface area contributed by atoms with Gasteiger partial charge in [-0.05, 0) is 44.4 Å². The molecule has 0 atom stereocenters. The fourth-order valence-electron chi connectivity index (χ4n) is 2.16. The third kappa shape index (κ3) is 3.24. The van der Waals surface area contributed by atoms with Gasteiger partial charge in [-0.25, -0.2) is 10.3 Å². The van der Waals surface area contributed by atoms with Gasteiger partial charge in [-0.3, -0.25) is 4.90 Å². The Balaban J connectivity index is 2.16. The summed E-state index contributed by atoms with van der Waals surface area (Å²) >= 11 is 0. The number of nitrogens with one attached hydrogen (secondary N) is 1. The molecule has 0 saturated carbocycles. The second-order valence-corrected chi connectivity index (χ2v) is 5.68. The van der Waals surface area contributed by atoms with E-state index < -0.39 is 5.60 Å². The van der Waals surface area contributed by atoms with Gasteiger partial charge in [-0.15, -0.1) is 0 Å². The summed E-state index contributed by atoms with van der Waals surface area (Å²) in [6, 6.07) is 5.80. The van der Waals surface area contributed by atoms with Crippen LogP contribution in [0.15, 0.2) is 18.2 Å². The first kappa shape index (κ1) is 13.8. The van der Waals surface area contributed by atoms with E-state index in [2.05, 4.69) is 5.48 Å². The standard InChI is InChI=1S/C14H20N2O3/c1-14(2,3)19-13(17)16-7-6-11-8-10(9-15-18)4-5-12(11)16/h4-5,8,15,18H,6-7,9H2,1-3H3. The molecule has 0 unspecified atom stereocenters. The van der Waals surface area contributed by atoms with E-state index in [1.165, 1.54) is 0 Å². The van der Waals surface area contributed by atoms with Crippen molar-refractivity contribution in [2.75, 3.05) is 11.4 Å². The monoisotopic (exact) mass is 264 g/mol. The molecule has 0 bridgehead atoms. The Morgan fingerprint density at radius 1 is 1.47 bits per heavy atom. The smallest absolute Gasteiger partial charge is 0.414 e. The highest BCUT2D eigenvalue weighted by atomic mass is 16.6. The van der Waals surface area contributed by atoms with Crippen molar-refractivity contribution >= 4 is 11.8 Å². The third-order valence-corrected chi connectivity index (χ3v) is 2.94. The fraction of sp³-hybridized carbons (Fsp3) is 0.500. The molecule has 0 aromatic heterocycles. The van der Waals surface area contributed by atoms with Crippen molar-refractivity contribution in [2.45, 2.75) is 39.3 Å². The summed E-state index contributed by atoms with van der Waals surface area (Å²) < 4.78 is 5.39. The van der Waals surface area contributed by atoms with Gasteiger partial charge in [0, 0.05) is 13.1 Å². The maximum atomic E-state index is 12.1. The molecule has 2 N–H and O–H groups in total. The molecule has 1 heterocycles. The molecule has 2 rings (SSSR count). The molecule has 5 heteroatoms. The first-order valence-electron chi connectivity index (χ1n) is 6.40. The minimum atomic E-state index is -0.486. The van der Waals surface area contributed by atoms with Crippen molar-refractivity contribution in [1.82, 2.24) is 5.48 Å². The number of fused-ring (bicyclic) bond motifs is 1. The number of ether oxygens (including phenoxy) is 1. The van der Waals surface area contributed by atoms with Crippen molar-refractivity contribution in [3.63, 3.8) is 0 Å². The quantitative estimate of drug-likeness (QED) is 0.805. The fourth-order valence-corrected chi connectivity index (χ4v) is 2.16. The Labute approximate surface area is 113 Å². The molecule has 1 amide bonds. The van der Waals surface area contributed by atoms with E-state index in [1.54, 1.807) is 4.90 Å². The summed E-state index contributed by atoms with van der Waals surface area (Å²) in [5.41, 5.74) is 4.65. The Kier molecular flexibility index (Phi) is 3.78. The molecular weight excluding hydrogens is 244 g/mol. The summed E-state index contributed by atoms with van der Waals surface area (Å²) in [4.78, 5) is 13.7. The molecule has 0 saturated heterocycles. The number of carbonyl (C=O) groups is 1. The van der Waals surface area contributed by atoms with Gasteiger partial charge >= 0.3 is 6.09 Å². The predicted molar refractivity (Wildman–Crippen MR) is 72.4 cm³/mol. The van der Waals surface area contributed by atoms with Gasteiger partial charge in [-0.1, -0.05) is 12.1 Å². The average molecular weight is 264 g/mol. The van der Waals surface area contributed by atoms with Crippen LogP contribution in [-0.2, 0) is 17.7 Å². The Morgan fingerprint density at radius 3 is 2.84 bits per heavy atom. The van der Waals surface area contributed by atoms with Crippen LogP contribution < -0.4 is 10.4 Å². The summed E-state index contributed by atoms with van der Waals surface area (Å²) in [6.45, 7) is 6.62. The van der Waals surface area contributed by atoms with Crippen LogP contribution >= 0.6 is 0 Å². The molecule has 0 aliphatic carbocycles. The van der Waals surface area contributed by atoms with Gasteiger partial charge in [0.25, 0.3) is 0 Å². The number of amides is 1. The highest BCUT2D eigenvalue weighted by Crippen LogP contribution is 2.30. The largest absolute Gasteiger partial charge is 0.443 e. The zero-order valence-corrected chi connectivity index (χ0v) is 11.6. The molecule has 5 nitrogen and oxygen atoms in total. The Hall–Kier alpha value is -1.59. The third-order valence-electron chi connectivity index (χ3n) is 2.94. The highest BCUT2D eigenvalue weighted by Gasteiger charge is 2.28. The van der Waals surface area contributed by atoms with Crippen molar-refractivity contribution in [2.24, 2.45) is 0 Å².